The van der Waals surface area contributed by atoms with Crippen molar-refractivity contribution in [3.05, 3.63) is 23.7 Å². The number of amidine groups is 1. The van der Waals surface area contributed by atoms with Gasteiger partial charge in [0.25, 0.3) is 5.91 Å². The molecule has 3 N–H and O–H groups in total. The van der Waals surface area contributed by atoms with E-state index in [0.717, 1.165) is 25.7 Å². The molecule has 20 heavy (non-hydrogen) atoms. The van der Waals surface area contributed by atoms with Crippen LogP contribution < -0.4 is 5.73 Å². The minimum Gasteiger partial charge on any atom is -0.469 e. The van der Waals surface area contributed by atoms with E-state index in [0.29, 0.717) is 17.7 Å². The van der Waals surface area contributed by atoms with Gasteiger partial charge in [-0.15, -0.1) is 0 Å². The van der Waals surface area contributed by atoms with E-state index < -0.39 is 0 Å². The van der Waals surface area contributed by atoms with Crippen molar-refractivity contribution in [1.29, 1.82) is 0 Å². The first-order chi connectivity index (χ1) is 9.67. The fraction of sp³-hybridized carbons (Fsp3) is 0.571. The van der Waals surface area contributed by atoms with Gasteiger partial charge < -0.3 is 20.3 Å². The van der Waals surface area contributed by atoms with Gasteiger partial charge in [-0.1, -0.05) is 24.9 Å². The molecule has 110 valence electrons. The Morgan fingerprint density at radius 3 is 2.85 bits per heavy atom. The zero-order chi connectivity index (χ0) is 14.5. The first kappa shape index (κ1) is 14.4. The zero-order valence-electron chi connectivity index (χ0n) is 11.7. The highest BCUT2D eigenvalue weighted by atomic mass is 16.4. The predicted molar refractivity (Wildman–Crippen MR) is 74.8 cm³/mol. The van der Waals surface area contributed by atoms with Crippen LogP contribution in [0, 0.1) is 0 Å². The van der Waals surface area contributed by atoms with E-state index in [9.17, 15) is 4.79 Å². The number of oxime groups is 1. The Kier molecular flexibility index (Phi) is 4.65. The molecular formula is C14H21N3O3. The summed E-state index contributed by atoms with van der Waals surface area (Å²) < 4.78 is 5.32. The summed E-state index contributed by atoms with van der Waals surface area (Å²) in [5.74, 6) is 0.624. The quantitative estimate of drug-likeness (QED) is 0.373. The lowest BCUT2D eigenvalue weighted by Gasteiger charge is -2.28. The molecule has 1 aliphatic carbocycles. The van der Waals surface area contributed by atoms with E-state index in [4.69, 9.17) is 15.4 Å². The highest BCUT2D eigenvalue weighted by Crippen LogP contribution is 2.26. The average Bonchev–Trinajstić information content (AvgIpc) is 3.13. The Bertz CT molecular complexity index is 490. The summed E-state index contributed by atoms with van der Waals surface area (Å²) in [5, 5.41) is 11.7. The minimum absolute atomic E-state index is 0.0480. The number of furan rings is 1. The van der Waals surface area contributed by atoms with Gasteiger partial charge in [0, 0.05) is 12.5 Å². The third-order valence-corrected chi connectivity index (χ3v) is 3.78. The molecule has 1 aromatic heterocycles. The van der Waals surface area contributed by atoms with Crippen LogP contribution in [0.15, 0.2) is 21.9 Å². The van der Waals surface area contributed by atoms with Crippen molar-refractivity contribution >= 4 is 11.7 Å². The molecule has 0 spiro atoms. The van der Waals surface area contributed by atoms with Gasteiger partial charge in [-0.3, -0.25) is 4.79 Å². The monoisotopic (exact) mass is 279 g/mol. The number of nitrogens with two attached hydrogens (primary N) is 1. The van der Waals surface area contributed by atoms with Crippen LogP contribution >= 0.6 is 0 Å². The van der Waals surface area contributed by atoms with Crippen molar-refractivity contribution in [2.75, 3.05) is 6.54 Å². The van der Waals surface area contributed by atoms with Gasteiger partial charge in [0.15, 0.2) is 5.84 Å². The van der Waals surface area contributed by atoms with Crippen LogP contribution in [-0.2, 0) is 6.42 Å². The molecule has 1 aromatic rings. The lowest BCUT2D eigenvalue weighted by atomic mass is 10.1. The maximum Gasteiger partial charge on any atom is 0.258 e. The fourth-order valence-electron chi connectivity index (χ4n) is 2.75. The molecule has 0 aromatic carbocycles. The van der Waals surface area contributed by atoms with Crippen LogP contribution in [0.5, 0.6) is 0 Å². The molecule has 6 heteroatoms. The molecule has 0 radical (unpaired) electrons. The van der Waals surface area contributed by atoms with Gasteiger partial charge in [-0.2, -0.15) is 0 Å². The summed E-state index contributed by atoms with van der Waals surface area (Å²) in [6.07, 6.45) is 6.33. The van der Waals surface area contributed by atoms with Crippen molar-refractivity contribution < 1.29 is 14.4 Å². The highest BCUT2D eigenvalue weighted by Gasteiger charge is 2.29. The maximum atomic E-state index is 12.7. The SMILES string of the molecule is CCc1occc1C(=O)N(C/C(N)=N/O)C1CCCC1. The molecule has 0 unspecified atom stereocenters. The summed E-state index contributed by atoms with van der Waals surface area (Å²) in [4.78, 5) is 14.4. The number of hydrogen-bond donors (Lipinski definition) is 2. The van der Waals surface area contributed by atoms with Gasteiger partial charge in [-0.25, -0.2) is 0 Å². The summed E-state index contributed by atoms with van der Waals surface area (Å²) >= 11 is 0. The topological polar surface area (TPSA) is 92.1 Å². The smallest absolute Gasteiger partial charge is 0.258 e. The predicted octanol–water partition coefficient (Wildman–Crippen LogP) is 1.97. The normalized spacial score (nSPS) is 16.6. The van der Waals surface area contributed by atoms with Crippen molar-refractivity contribution in [1.82, 2.24) is 4.90 Å². The molecule has 1 aliphatic rings. The van der Waals surface area contributed by atoms with E-state index in [1.807, 2.05) is 6.92 Å². The molecular weight excluding hydrogens is 258 g/mol. The fourth-order valence-corrected chi connectivity index (χ4v) is 2.75. The molecule has 0 saturated heterocycles. The molecule has 0 bridgehead atoms. The average molecular weight is 279 g/mol. The number of hydrogen-bond acceptors (Lipinski definition) is 4. The first-order valence-electron chi connectivity index (χ1n) is 7.01. The lowest BCUT2D eigenvalue weighted by molar-refractivity contribution is 0.0710. The molecule has 0 atom stereocenters. The van der Waals surface area contributed by atoms with Crippen molar-refractivity contribution in [3.8, 4) is 0 Å². The summed E-state index contributed by atoms with van der Waals surface area (Å²) in [7, 11) is 0. The lowest BCUT2D eigenvalue weighted by Crippen LogP contribution is -2.44. The van der Waals surface area contributed by atoms with E-state index in [-0.39, 0.29) is 24.3 Å². The number of carbonyl (C=O) groups is 1. The Hall–Kier alpha value is -1.98. The molecule has 6 nitrogen and oxygen atoms in total. The Morgan fingerprint density at radius 2 is 2.25 bits per heavy atom. The maximum absolute atomic E-state index is 12.7. The van der Waals surface area contributed by atoms with Gasteiger partial charge in [0.1, 0.15) is 5.76 Å². The summed E-state index contributed by atoms with van der Waals surface area (Å²) in [6.45, 7) is 2.09. The molecule has 1 fully saturated rings. The van der Waals surface area contributed by atoms with E-state index in [1.54, 1.807) is 11.0 Å². The second-order valence-electron chi connectivity index (χ2n) is 5.07. The van der Waals surface area contributed by atoms with Crippen LogP contribution in [0.4, 0.5) is 0 Å². The van der Waals surface area contributed by atoms with Crippen LogP contribution in [0.25, 0.3) is 0 Å². The van der Waals surface area contributed by atoms with Crippen molar-refractivity contribution in [2.45, 2.75) is 45.1 Å². The summed E-state index contributed by atoms with van der Waals surface area (Å²) in [6, 6.07) is 1.84. The largest absolute Gasteiger partial charge is 0.469 e. The first-order valence-corrected chi connectivity index (χ1v) is 7.01. The van der Waals surface area contributed by atoms with Crippen LogP contribution in [0.1, 0.15) is 48.7 Å². The third-order valence-electron chi connectivity index (χ3n) is 3.78. The molecule has 1 amide bonds. The van der Waals surface area contributed by atoms with Gasteiger partial charge in [0.2, 0.25) is 0 Å². The van der Waals surface area contributed by atoms with Gasteiger partial charge in [-0.05, 0) is 18.9 Å². The highest BCUT2D eigenvalue weighted by molar-refractivity contribution is 5.98. The molecule has 2 rings (SSSR count). The Morgan fingerprint density at radius 1 is 1.55 bits per heavy atom. The molecule has 0 aliphatic heterocycles. The minimum atomic E-state index is -0.103. The Balaban J connectivity index is 2.23. The number of nitrogens with zero attached hydrogens (tertiary/aromatic N) is 2. The van der Waals surface area contributed by atoms with Crippen molar-refractivity contribution in [3.63, 3.8) is 0 Å². The number of amides is 1. The zero-order valence-corrected chi connectivity index (χ0v) is 11.7. The second-order valence-corrected chi connectivity index (χ2v) is 5.07. The van der Waals surface area contributed by atoms with E-state index in [1.165, 1.54) is 6.26 Å². The van der Waals surface area contributed by atoms with Gasteiger partial charge >= 0.3 is 0 Å². The Labute approximate surface area is 118 Å². The second kappa shape index (κ2) is 6.45. The van der Waals surface area contributed by atoms with E-state index >= 15 is 0 Å². The van der Waals surface area contributed by atoms with Crippen LogP contribution in [0.3, 0.4) is 0 Å². The number of rotatable bonds is 5. The number of aryl methyl sites for hydroxylation is 1. The molecule has 1 saturated carbocycles. The van der Waals surface area contributed by atoms with Gasteiger partial charge in [0.05, 0.1) is 18.4 Å². The van der Waals surface area contributed by atoms with Crippen molar-refractivity contribution in [2.24, 2.45) is 10.9 Å². The number of carbonyl (C=O) groups excluding carboxylic acids is 1. The standard InChI is InChI=1S/C14H21N3O3/c1-2-12-11(7-8-20-12)14(18)17(9-13(15)16-19)10-5-3-4-6-10/h7-8,10,19H,2-6,9H2,1H3,(H2,15,16). The van der Waals surface area contributed by atoms with Crippen LogP contribution in [0.2, 0.25) is 0 Å². The third kappa shape index (κ3) is 2.95. The van der Waals surface area contributed by atoms with E-state index in [2.05, 4.69) is 5.16 Å². The molecule has 1 heterocycles. The van der Waals surface area contributed by atoms with Crippen LogP contribution in [-0.4, -0.2) is 34.4 Å². The summed E-state index contributed by atoms with van der Waals surface area (Å²) in [5.41, 5.74) is 6.16.